The Morgan fingerprint density at radius 2 is 2.11 bits per heavy atom. The highest BCUT2D eigenvalue weighted by Gasteiger charge is 2.09. The Morgan fingerprint density at radius 3 is 2.72 bits per heavy atom. The van der Waals surface area contributed by atoms with E-state index in [1.54, 1.807) is 18.2 Å². The van der Waals surface area contributed by atoms with Gasteiger partial charge >= 0.3 is 5.97 Å². The summed E-state index contributed by atoms with van der Waals surface area (Å²) in [5, 5.41) is 11.7. The molecule has 0 saturated carbocycles. The lowest BCUT2D eigenvalue weighted by molar-refractivity contribution is -0.124. The third-order valence-electron chi connectivity index (χ3n) is 2.95. The van der Waals surface area contributed by atoms with E-state index in [0.717, 1.165) is 12.0 Å². The lowest BCUT2D eigenvalue weighted by Crippen LogP contribution is -2.30. The third-order valence-corrected chi connectivity index (χ3v) is 2.95. The highest BCUT2D eigenvalue weighted by atomic mass is 16.4. The number of carboxylic acids is 1. The summed E-state index contributed by atoms with van der Waals surface area (Å²) in [4.78, 5) is 22.3. The summed E-state index contributed by atoms with van der Waals surface area (Å²) < 4.78 is 0. The summed E-state index contributed by atoms with van der Waals surface area (Å²) in [7, 11) is 0. The number of aromatic carboxylic acids is 1. The van der Waals surface area contributed by atoms with E-state index < -0.39 is 5.97 Å². The first-order valence-corrected chi connectivity index (χ1v) is 6.14. The molecular formula is C14H19NO3. The molecule has 4 heteroatoms. The van der Waals surface area contributed by atoms with Crippen LogP contribution in [0.4, 0.5) is 0 Å². The van der Waals surface area contributed by atoms with Gasteiger partial charge in [-0.15, -0.1) is 0 Å². The molecule has 2 N–H and O–H groups in total. The van der Waals surface area contributed by atoms with Gasteiger partial charge in [-0.2, -0.15) is 0 Å². The van der Waals surface area contributed by atoms with Crippen LogP contribution in [0.2, 0.25) is 0 Å². The third kappa shape index (κ3) is 4.20. The normalized spacial score (nSPS) is 11.9. The van der Waals surface area contributed by atoms with E-state index in [9.17, 15) is 9.59 Å². The molecule has 1 aromatic carbocycles. The van der Waals surface area contributed by atoms with E-state index in [1.807, 2.05) is 19.9 Å². The van der Waals surface area contributed by atoms with E-state index in [0.29, 0.717) is 13.0 Å². The minimum absolute atomic E-state index is 0.0235. The molecule has 0 radical (unpaired) electrons. The Morgan fingerprint density at radius 1 is 1.39 bits per heavy atom. The van der Waals surface area contributed by atoms with Gasteiger partial charge in [0.25, 0.3) is 0 Å². The van der Waals surface area contributed by atoms with Crippen LogP contribution in [-0.2, 0) is 11.2 Å². The first-order valence-electron chi connectivity index (χ1n) is 6.14. The molecule has 98 valence electrons. The summed E-state index contributed by atoms with van der Waals surface area (Å²) in [5.41, 5.74) is 1.19. The molecule has 0 aromatic heterocycles. The number of amides is 1. The second-order valence-electron chi connectivity index (χ2n) is 4.36. The summed E-state index contributed by atoms with van der Waals surface area (Å²) in [5.74, 6) is -0.859. The largest absolute Gasteiger partial charge is 0.478 e. The number of nitrogens with one attached hydrogen (secondary N) is 1. The molecule has 0 aliphatic heterocycles. The molecule has 1 aromatic rings. The molecule has 0 aliphatic rings. The first-order chi connectivity index (χ1) is 8.54. The highest BCUT2D eigenvalue weighted by Crippen LogP contribution is 2.06. The summed E-state index contributed by atoms with van der Waals surface area (Å²) in [6.45, 7) is 4.40. The predicted octanol–water partition coefficient (Wildman–Crippen LogP) is 2.09. The van der Waals surface area contributed by atoms with Crippen LogP contribution in [0, 0.1) is 5.92 Å². The van der Waals surface area contributed by atoms with Gasteiger partial charge in [0, 0.05) is 12.5 Å². The number of carbonyl (C=O) groups excluding carboxylic acids is 1. The molecule has 0 bridgehead atoms. The molecule has 0 heterocycles. The first kappa shape index (κ1) is 14.2. The fourth-order valence-electron chi connectivity index (χ4n) is 1.55. The molecular weight excluding hydrogens is 230 g/mol. The monoisotopic (exact) mass is 249 g/mol. The van der Waals surface area contributed by atoms with Crippen molar-refractivity contribution in [2.24, 2.45) is 5.92 Å². The van der Waals surface area contributed by atoms with Gasteiger partial charge in [-0.05, 0) is 30.5 Å². The molecule has 0 unspecified atom stereocenters. The minimum atomic E-state index is -0.930. The Kier molecular flexibility index (Phi) is 5.36. The number of rotatable bonds is 6. The Balaban J connectivity index is 2.47. The van der Waals surface area contributed by atoms with Crippen molar-refractivity contribution in [3.63, 3.8) is 0 Å². The van der Waals surface area contributed by atoms with Crippen LogP contribution in [0.1, 0.15) is 36.2 Å². The zero-order valence-corrected chi connectivity index (χ0v) is 10.8. The average molecular weight is 249 g/mol. The number of hydrogen-bond donors (Lipinski definition) is 2. The second kappa shape index (κ2) is 6.79. The predicted molar refractivity (Wildman–Crippen MR) is 69.6 cm³/mol. The van der Waals surface area contributed by atoms with Crippen LogP contribution >= 0.6 is 0 Å². The smallest absolute Gasteiger partial charge is 0.335 e. The fourth-order valence-corrected chi connectivity index (χ4v) is 1.55. The SMILES string of the molecule is CC[C@@H](C)C(=O)NCCc1cccc(C(=O)O)c1. The Hall–Kier alpha value is -1.84. The minimum Gasteiger partial charge on any atom is -0.478 e. The van der Waals surface area contributed by atoms with E-state index in [1.165, 1.54) is 0 Å². The van der Waals surface area contributed by atoms with Crippen LogP contribution in [-0.4, -0.2) is 23.5 Å². The van der Waals surface area contributed by atoms with Gasteiger partial charge in [-0.25, -0.2) is 4.79 Å². The molecule has 1 rings (SSSR count). The van der Waals surface area contributed by atoms with Crippen LogP contribution < -0.4 is 5.32 Å². The van der Waals surface area contributed by atoms with E-state index in [4.69, 9.17) is 5.11 Å². The Bertz CT molecular complexity index is 429. The van der Waals surface area contributed by atoms with Gasteiger partial charge < -0.3 is 10.4 Å². The zero-order chi connectivity index (χ0) is 13.5. The maximum Gasteiger partial charge on any atom is 0.335 e. The second-order valence-corrected chi connectivity index (χ2v) is 4.36. The quantitative estimate of drug-likeness (QED) is 0.811. The molecule has 4 nitrogen and oxygen atoms in total. The lowest BCUT2D eigenvalue weighted by Gasteiger charge is -2.10. The van der Waals surface area contributed by atoms with E-state index >= 15 is 0 Å². The van der Waals surface area contributed by atoms with Crippen molar-refractivity contribution in [3.05, 3.63) is 35.4 Å². The topological polar surface area (TPSA) is 66.4 Å². The summed E-state index contributed by atoms with van der Waals surface area (Å²) in [6.07, 6.45) is 1.46. The van der Waals surface area contributed by atoms with Gasteiger partial charge in [-0.3, -0.25) is 4.79 Å². The number of benzene rings is 1. The van der Waals surface area contributed by atoms with Crippen LogP contribution in [0.25, 0.3) is 0 Å². The van der Waals surface area contributed by atoms with Crippen molar-refractivity contribution in [1.82, 2.24) is 5.32 Å². The van der Waals surface area contributed by atoms with Crippen molar-refractivity contribution >= 4 is 11.9 Å². The number of carbonyl (C=O) groups is 2. The van der Waals surface area contributed by atoms with Gasteiger partial charge in [-0.1, -0.05) is 26.0 Å². The van der Waals surface area contributed by atoms with E-state index in [2.05, 4.69) is 5.32 Å². The van der Waals surface area contributed by atoms with Crippen LogP contribution in [0.15, 0.2) is 24.3 Å². The van der Waals surface area contributed by atoms with Crippen molar-refractivity contribution in [1.29, 1.82) is 0 Å². The molecule has 1 amide bonds. The molecule has 0 fully saturated rings. The fraction of sp³-hybridized carbons (Fsp3) is 0.429. The van der Waals surface area contributed by atoms with E-state index in [-0.39, 0.29) is 17.4 Å². The van der Waals surface area contributed by atoms with Crippen molar-refractivity contribution < 1.29 is 14.7 Å². The molecule has 18 heavy (non-hydrogen) atoms. The lowest BCUT2D eigenvalue weighted by atomic mass is 10.1. The highest BCUT2D eigenvalue weighted by molar-refractivity contribution is 5.87. The number of carboxylic acid groups (broad SMARTS) is 1. The van der Waals surface area contributed by atoms with Gasteiger partial charge in [0.05, 0.1) is 5.56 Å². The molecule has 1 atom stereocenters. The van der Waals surface area contributed by atoms with Crippen LogP contribution in [0.5, 0.6) is 0 Å². The standard InChI is InChI=1S/C14H19NO3/c1-3-10(2)13(16)15-8-7-11-5-4-6-12(9-11)14(17)18/h4-6,9-10H,3,7-8H2,1-2H3,(H,15,16)(H,17,18)/t10-/m1/s1. The van der Waals surface area contributed by atoms with Crippen LogP contribution in [0.3, 0.4) is 0 Å². The summed E-state index contributed by atoms with van der Waals surface area (Å²) in [6, 6.07) is 6.78. The number of hydrogen-bond acceptors (Lipinski definition) is 2. The molecule has 0 saturated heterocycles. The van der Waals surface area contributed by atoms with Gasteiger partial charge in [0.2, 0.25) is 5.91 Å². The molecule has 0 aliphatic carbocycles. The zero-order valence-electron chi connectivity index (χ0n) is 10.8. The van der Waals surface area contributed by atoms with Crippen molar-refractivity contribution in [3.8, 4) is 0 Å². The Labute approximate surface area is 107 Å². The van der Waals surface area contributed by atoms with Crippen molar-refractivity contribution in [2.75, 3.05) is 6.54 Å². The van der Waals surface area contributed by atoms with Crippen molar-refractivity contribution in [2.45, 2.75) is 26.7 Å². The summed E-state index contributed by atoms with van der Waals surface area (Å²) >= 11 is 0. The van der Waals surface area contributed by atoms with Gasteiger partial charge in [0.1, 0.15) is 0 Å². The maximum absolute atomic E-state index is 11.5. The maximum atomic E-state index is 11.5. The average Bonchev–Trinajstić information content (AvgIpc) is 2.38. The molecule has 0 spiro atoms. The van der Waals surface area contributed by atoms with Gasteiger partial charge in [0.15, 0.2) is 0 Å².